The van der Waals surface area contributed by atoms with Crippen LogP contribution < -0.4 is 11.3 Å². The summed E-state index contributed by atoms with van der Waals surface area (Å²) in [6.07, 6.45) is 2.34. The number of nitrogens with zero attached hydrogens (tertiary/aromatic N) is 2. The Morgan fingerprint density at radius 1 is 1.44 bits per heavy atom. The van der Waals surface area contributed by atoms with Gasteiger partial charge in [0.2, 0.25) is 5.91 Å². The van der Waals surface area contributed by atoms with E-state index >= 15 is 0 Å². The first-order valence-corrected chi connectivity index (χ1v) is 6.00. The van der Waals surface area contributed by atoms with Crippen LogP contribution in [0.3, 0.4) is 0 Å². The predicted molar refractivity (Wildman–Crippen MR) is 72.3 cm³/mol. The number of amides is 1. The van der Waals surface area contributed by atoms with Gasteiger partial charge in [-0.15, -0.1) is 0 Å². The smallest absolute Gasteiger partial charge is 0.251 e. The lowest BCUT2D eigenvalue weighted by molar-refractivity contribution is -0.135. The fraction of sp³-hybridized carbons (Fsp3) is 0.538. The number of pyridine rings is 1. The molecule has 0 aliphatic carbocycles. The minimum atomic E-state index is -0.222. The third kappa shape index (κ3) is 3.12. The van der Waals surface area contributed by atoms with E-state index in [-0.39, 0.29) is 23.6 Å². The van der Waals surface area contributed by atoms with Crippen molar-refractivity contribution in [3.63, 3.8) is 0 Å². The standard InChI is InChI=1S/C13H21N3O2/c1-5-13(2,3)15(4)12(18)9-16-8-10(14)6-7-11(16)17/h6-8H,5,9,14H2,1-4H3. The Morgan fingerprint density at radius 2 is 2.06 bits per heavy atom. The third-order valence-electron chi connectivity index (χ3n) is 3.46. The zero-order valence-corrected chi connectivity index (χ0v) is 11.4. The van der Waals surface area contributed by atoms with Crippen molar-refractivity contribution in [3.05, 3.63) is 28.7 Å². The molecule has 1 rings (SSSR count). The molecule has 0 aliphatic rings. The quantitative estimate of drug-likeness (QED) is 0.870. The Labute approximate surface area is 107 Å². The zero-order valence-electron chi connectivity index (χ0n) is 11.4. The normalized spacial score (nSPS) is 11.3. The number of hydrogen-bond donors (Lipinski definition) is 1. The zero-order chi connectivity index (χ0) is 13.9. The second-order valence-corrected chi connectivity index (χ2v) is 5.05. The van der Waals surface area contributed by atoms with Crippen molar-refractivity contribution in [2.75, 3.05) is 12.8 Å². The van der Waals surface area contributed by atoms with Gasteiger partial charge in [-0.1, -0.05) is 6.92 Å². The van der Waals surface area contributed by atoms with E-state index in [9.17, 15) is 9.59 Å². The lowest BCUT2D eigenvalue weighted by atomic mass is 10.00. The summed E-state index contributed by atoms with van der Waals surface area (Å²) >= 11 is 0. The van der Waals surface area contributed by atoms with E-state index in [1.165, 1.54) is 22.9 Å². The monoisotopic (exact) mass is 251 g/mol. The van der Waals surface area contributed by atoms with Gasteiger partial charge in [-0.05, 0) is 26.3 Å². The van der Waals surface area contributed by atoms with Crippen molar-refractivity contribution in [1.29, 1.82) is 0 Å². The van der Waals surface area contributed by atoms with Crippen LogP contribution in [0.2, 0.25) is 0 Å². The largest absolute Gasteiger partial charge is 0.398 e. The molecule has 18 heavy (non-hydrogen) atoms. The first-order valence-electron chi connectivity index (χ1n) is 6.00. The highest BCUT2D eigenvalue weighted by Crippen LogP contribution is 2.16. The van der Waals surface area contributed by atoms with Gasteiger partial charge in [-0.3, -0.25) is 9.59 Å². The van der Waals surface area contributed by atoms with E-state index in [0.717, 1.165) is 6.42 Å². The van der Waals surface area contributed by atoms with Crippen molar-refractivity contribution in [3.8, 4) is 0 Å². The maximum absolute atomic E-state index is 12.1. The minimum Gasteiger partial charge on any atom is -0.398 e. The van der Waals surface area contributed by atoms with E-state index in [1.807, 2.05) is 20.8 Å². The van der Waals surface area contributed by atoms with Crippen molar-refractivity contribution < 1.29 is 4.79 Å². The molecule has 0 bridgehead atoms. The Kier molecular flexibility index (Phi) is 4.16. The maximum Gasteiger partial charge on any atom is 0.251 e. The molecular weight excluding hydrogens is 230 g/mol. The summed E-state index contributed by atoms with van der Waals surface area (Å²) < 4.78 is 1.33. The number of nitrogens with two attached hydrogens (primary N) is 1. The molecule has 0 saturated heterocycles. The molecule has 1 aromatic rings. The first kappa shape index (κ1) is 14.3. The molecule has 1 aromatic heterocycles. The van der Waals surface area contributed by atoms with Crippen LogP contribution in [-0.2, 0) is 11.3 Å². The van der Waals surface area contributed by atoms with Crippen LogP contribution in [0.15, 0.2) is 23.1 Å². The fourth-order valence-electron chi connectivity index (χ4n) is 1.50. The molecule has 0 spiro atoms. The molecule has 0 atom stereocenters. The molecule has 0 fully saturated rings. The summed E-state index contributed by atoms with van der Waals surface area (Å²) in [7, 11) is 1.75. The topological polar surface area (TPSA) is 68.3 Å². The van der Waals surface area contributed by atoms with E-state index < -0.39 is 0 Å². The van der Waals surface area contributed by atoms with Crippen LogP contribution in [0.25, 0.3) is 0 Å². The van der Waals surface area contributed by atoms with Crippen LogP contribution in [0.1, 0.15) is 27.2 Å². The molecule has 2 N–H and O–H groups in total. The van der Waals surface area contributed by atoms with Crippen LogP contribution in [-0.4, -0.2) is 28.0 Å². The van der Waals surface area contributed by atoms with Crippen LogP contribution in [0.4, 0.5) is 5.69 Å². The Morgan fingerprint density at radius 3 is 2.61 bits per heavy atom. The van der Waals surface area contributed by atoms with E-state index in [2.05, 4.69) is 0 Å². The highest BCUT2D eigenvalue weighted by molar-refractivity contribution is 5.76. The summed E-state index contributed by atoms with van der Waals surface area (Å²) in [4.78, 5) is 25.4. The number of anilines is 1. The van der Waals surface area contributed by atoms with Gasteiger partial charge in [0.1, 0.15) is 6.54 Å². The molecule has 0 aliphatic heterocycles. The number of carbonyl (C=O) groups is 1. The lowest BCUT2D eigenvalue weighted by Gasteiger charge is -2.35. The van der Waals surface area contributed by atoms with Crippen molar-refractivity contribution in [2.24, 2.45) is 0 Å². The van der Waals surface area contributed by atoms with Crippen molar-refractivity contribution >= 4 is 11.6 Å². The molecule has 0 saturated carbocycles. The second-order valence-electron chi connectivity index (χ2n) is 5.05. The van der Waals surface area contributed by atoms with Gasteiger partial charge in [0.25, 0.3) is 5.56 Å². The van der Waals surface area contributed by atoms with Gasteiger partial charge in [-0.2, -0.15) is 0 Å². The van der Waals surface area contributed by atoms with E-state index in [0.29, 0.717) is 5.69 Å². The Balaban J connectivity index is 2.88. The van der Waals surface area contributed by atoms with Gasteiger partial charge in [0.15, 0.2) is 0 Å². The molecule has 0 aromatic carbocycles. The highest BCUT2D eigenvalue weighted by atomic mass is 16.2. The fourth-order valence-corrected chi connectivity index (χ4v) is 1.50. The molecule has 5 heteroatoms. The van der Waals surface area contributed by atoms with Gasteiger partial charge in [0, 0.05) is 30.5 Å². The van der Waals surface area contributed by atoms with E-state index in [1.54, 1.807) is 11.9 Å². The average Bonchev–Trinajstić information content (AvgIpc) is 2.32. The summed E-state index contributed by atoms with van der Waals surface area (Å²) in [5.74, 6) is -0.102. The number of carbonyl (C=O) groups excluding carboxylic acids is 1. The number of rotatable bonds is 4. The molecule has 100 valence electrons. The lowest BCUT2D eigenvalue weighted by Crippen LogP contribution is -2.46. The van der Waals surface area contributed by atoms with Gasteiger partial charge in [-0.25, -0.2) is 0 Å². The third-order valence-corrected chi connectivity index (χ3v) is 3.46. The molecule has 1 heterocycles. The van der Waals surface area contributed by atoms with Gasteiger partial charge in [0.05, 0.1) is 0 Å². The molecule has 0 radical (unpaired) electrons. The Bertz CT molecular complexity index is 491. The van der Waals surface area contributed by atoms with Crippen LogP contribution in [0, 0.1) is 0 Å². The molecular formula is C13H21N3O2. The summed E-state index contributed by atoms with van der Waals surface area (Å²) in [5, 5.41) is 0. The first-order chi connectivity index (χ1) is 8.27. The Hall–Kier alpha value is -1.78. The summed E-state index contributed by atoms with van der Waals surface area (Å²) in [6.45, 7) is 6.03. The van der Waals surface area contributed by atoms with Gasteiger partial charge < -0.3 is 15.2 Å². The highest BCUT2D eigenvalue weighted by Gasteiger charge is 2.25. The molecule has 0 unspecified atom stereocenters. The van der Waals surface area contributed by atoms with Crippen molar-refractivity contribution in [1.82, 2.24) is 9.47 Å². The molecule has 5 nitrogen and oxygen atoms in total. The average molecular weight is 251 g/mol. The number of hydrogen-bond acceptors (Lipinski definition) is 3. The van der Waals surface area contributed by atoms with Crippen LogP contribution >= 0.6 is 0 Å². The summed E-state index contributed by atoms with van der Waals surface area (Å²) in [5.41, 5.74) is 5.64. The predicted octanol–water partition coefficient (Wildman–Crippen LogP) is 1.08. The molecule has 1 amide bonds. The van der Waals surface area contributed by atoms with Crippen molar-refractivity contribution in [2.45, 2.75) is 39.3 Å². The number of likely N-dealkylation sites (N-methyl/N-ethyl adjacent to an activating group) is 1. The van der Waals surface area contributed by atoms with E-state index in [4.69, 9.17) is 5.73 Å². The SMILES string of the molecule is CCC(C)(C)N(C)C(=O)Cn1cc(N)ccc1=O. The summed E-state index contributed by atoms with van der Waals surface area (Å²) in [6, 6.07) is 2.90. The van der Waals surface area contributed by atoms with Gasteiger partial charge >= 0.3 is 0 Å². The second kappa shape index (κ2) is 5.25. The number of aromatic nitrogens is 1. The van der Waals surface area contributed by atoms with Crippen LogP contribution in [0.5, 0.6) is 0 Å². The number of nitrogen functional groups attached to an aromatic ring is 1. The minimum absolute atomic E-state index is 0.0177. The maximum atomic E-state index is 12.1.